The molecule has 0 radical (unpaired) electrons. The van der Waals surface area contributed by atoms with Crippen LogP contribution in [0.5, 0.6) is 0 Å². The minimum absolute atomic E-state index is 0.170. The number of amides is 1. The average molecular weight is 267 g/mol. The maximum Gasteiger partial charge on any atom is 0.260 e. The van der Waals surface area contributed by atoms with Crippen molar-refractivity contribution in [1.82, 2.24) is 4.90 Å². The van der Waals surface area contributed by atoms with Crippen LogP contribution in [0.15, 0.2) is 12.1 Å². The first-order valence-electron chi connectivity index (χ1n) is 6.38. The Hall–Kier alpha value is -1.49. The van der Waals surface area contributed by atoms with Crippen molar-refractivity contribution >= 4 is 5.91 Å². The number of aryl methyl sites for hydroxylation is 1. The van der Waals surface area contributed by atoms with E-state index in [-0.39, 0.29) is 24.6 Å². The molecule has 5 heteroatoms. The Labute approximate surface area is 109 Å². The highest BCUT2D eigenvalue weighted by Crippen LogP contribution is 2.44. The van der Waals surface area contributed by atoms with Crippen LogP contribution >= 0.6 is 0 Å². The molecule has 0 atom stereocenters. The Morgan fingerprint density at radius 1 is 1.37 bits per heavy atom. The predicted octanol–water partition coefficient (Wildman–Crippen LogP) is 1.87. The molecule has 2 fully saturated rings. The lowest BCUT2D eigenvalue weighted by atomic mass is 9.88. The molecule has 19 heavy (non-hydrogen) atoms. The second-order valence-electron chi connectivity index (χ2n) is 5.59. The second kappa shape index (κ2) is 4.00. The van der Waals surface area contributed by atoms with Crippen LogP contribution in [-0.4, -0.2) is 34.6 Å². The smallest absolute Gasteiger partial charge is 0.260 e. The van der Waals surface area contributed by atoms with Crippen molar-refractivity contribution in [2.75, 3.05) is 13.1 Å². The number of hydrogen-bond donors (Lipinski definition) is 1. The number of halogens is 2. The van der Waals surface area contributed by atoms with Gasteiger partial charge in [-0.3, -0.25) is 4.79 Å². The molecule has 1 aliphatic heterocycles. The average Bonchev–Trinajstić information content (AvgIpc) is 3.14. The number of likely N-dealkylation sites (tertiary alicyclic amines) is 1. The maximum atomic E-state index is 13.8. The Bertz CT molecular complexity index is 549. The minimum Gasteiger partial charge on any atom is -0.386 e. The van der Waals surface area contributed by atoms with Crippen molar-refractivity contribution < 1.29 is 18.7 Å². The molecular formula is C14H15F2NO2. The first-order chi connectivity index (χ1) is 8.92. The molecule has 3 rings (SSSR count). The fourth-order valence-corrected chi connectivity index (χ4v) is 2.65. The third-order valence-corrected chi connectivity index (χ3v) is 4.05. The van der Waals surface area contributed by atoms with E-state index in [1.807, 2.05) is 0 Å². The van der Waals surface area contributed by atoms with Crippen LogP contribution in [0.2, 0.25) is 0 Å². The van der Waals surface area contributed by atoms with Crippen LogP contribution in [0, 0.1) is 24.5 Å². The largest absolute Gasteiger partial charge is 0.386 e. The summed E-state index contributed by atoms with van der Waals surface area (Å²) in [5.41, 5.74) is -1.12. The van der Waals surface area contributed by atoms with Crippen LogP contribution in [0.1, 0.15) is 28.8 Å². The zero-order valence-electron chi connectivity index (χ0n) is 10.6. The summed E-state index contributed by atoms with van der Waals surface area (Å²) >= 11 is 0. The lowest BCUT2D eigenvalue weighted by molar-refractivity contribution is -0.0960. The van der Waals surface area contributed by atoms with E-state index in [4.69, 9.17) is 0 Å². The topological polar surface area (TPSA) is 40.5 Å². The van der Waals surface area contributed by atoms with Crippen LogP contribution in [0.4, 0.5) is 8.78 Å². The third kappa shape index (κ3) is 1.92. The normalized spacial score (nSPS) is 21.2. The molecule has 1 saturated carbocycles. The predicted molar refractivity (Wildman–Crippen MR) is 64.7 cm³/mol. The zero-order valence-corrected chi connectivity index (χ0v) is 10.6. The van der Waals surface area contributed by atoms with Crippen molar-refractivity contribution in [3.8, 4) is 0 Å². The quantitative estimate of drug-likeness (QED) is 0.888. The number of nitrogens with zero attached hydrogens (tertiary/aromatic N) is 1. The summed E-state index contributed by atoms with van der Waals surface area (Å²) < 4.78 is 27.5. The molecule has 1 aromatic carbocycles. The van der Waals surface area contributed by atoms with E-state index in [1.165, 1.54) is 17.9 Å². The van der Waals surface area contributed by atoms with Gasteiger partial charge in [-0.2, -0.15) is 0 Å². The molecule has 2 aliphatic rings. The number of benzene rings is 1. The highest BCUT2D eigenvalue weighted by Gasteiger charge is 2.53. The summed E-state index contributed by atoms with van der Waals surface area (Å²) in [4.78, 5) is 13.4. The first kappa shape index (κ1) is 12.5. The number of hydrogen-bond acceptors (Lipinski definition) is 2. The SMILES string of the molecule is Cc1ccc(F)c(C(=O)N2CC(O)(C3CC3)C2)c1F. The van der Waals surface area contributed by atoms with Gasteiger partial charge >= 0.3 is 0 Å². The molecule has 0 spiro atoms. The second-order valence-corrected chi connectivity index (χ2v) is 5.59. The lowest BCUT2D eigenvalue weighted by Crippen LogP contribution is -2.64. The van der Waals surface area contributed by atoms with Gasteiger partial charge in [-0.15, -0.1) is 0 Å². The number of aliphatic hydroxyl groups is 1. The molecule has 1 amide bonds. The van der Waals surface area contributed by atoms with Crippen molar-refractivity contribution in [2.45, 2.75) is 25.4 Å². The molecule has 0 unspecified atom stereocenters. The van der Waals surface area contributed by atoms with Gasteiger partial charge in [-0.05, 0) is 37.3 Å². The standard InChI is InChI=1S/C14H15F2NO2/c1-8-2-5-10(15)11(12(8)16)13(18)17-6-14(19,7-17)9-3-4-9/h2,5,9,19H,3-4,6-7H2,1H3. The number of carbonyl (C=O) groups excluding carboxylic acids is 1. The minimum atomic E-state index is -0.852. The van der Waals surface area contributed by atoms with Gasteiger partial charge in [0, 0.05) is 0 Å². The van der Waals surface area contributed by atoms with Gasteiger partial charge in [0.15, 0.2) is 0 Å². The van der Waals surface area contributed by atoms with Gasteiger partial charge in [-0.25, -0.2) is 8.78 Å². The number of β-amino-alcohol motifs (C(OH)–C–C–N with tert-alkyl or cyclic N) is 1. The van der Waals surface area contributed by atoms with Gasteiger partial charge in [0.05, 0.1) is 13.1 Å². The molecule has 1 aliphatic carbocycles. The molecule has 1 N–H and O–H groups in total. The van der Waals surface area contributed by atoms with Gasteiger partial charge in [0.1, 0.15) is 22.8 Å². The fourth-order valence-electron chi connectivity index (χ4n) is 2.65. The third-order valence-electron chi connectivity index (χ3n) is 4.05. The van der Waals surface area contributed by atoms with E-state index in [9.17, 15) is 18.7 Å². The summed E-state index contributed by atoms with van der Waals surface area (Å²) in [5.74, 6) is -2.10. The highest BCUT2D eigenvalue weighted by molar-refractivity contribution is 5.95. The monoisotopic (exact) mass is 267 g/mol. The highest BCUT2D eigenvalue weighted by atomic mass is 19.1. The Kier molecular flexibility index (Phi) is 2.64. The van der Waals surface area contributed by atoms with Gasteiger partial charge in [0.2, 0.25) is 0 Å². The summed E-state index contributed by atoms with van der Waals surface area (Å²) in [6, 6.07) is 2.40. The summed E-state index contributed by atoms with van der Waals surface area (Å²) in [7, 11) is 0. The molecule has 0 bridgehead atoms. The van der Waals surface area contributed by atoms with E-state index >= 15 is 0 Å². The van der Waals surface area contributed by atoms with E-state index < -0.39 is 28.7 Å². The molecule has 3 nitrogen and oxygen atoms in total. The van der Waals surface area contributed by atoms with Crippen LogP contribution < -0.4 is 0 Å². The number of rotatable bonds is 2. The molecular weight excluding hydrogens is 252 g/mol. The number of carbonyl (C=O) groups is 1. The fraction of sp³-hybridized carbons (Fsp3) is 0.500. The zero-order chi connectivity index (χ0) is 13.8. The van der Waals surface area contributed by atoms with Crippen molar-refractivity contribution in [3.63, 3.8) is 0 Å². The Morgan fingerprint density at radius 2 is 2.00 bits per heavy atom. The molecule has 1 heterocycles. The van der Waals surface area contributed by atoms with Crippen molar-refractivity contribution in [3.05, 3.63) is 34.9 Å². The summed E-state index contributed by atoms with van der Waals surface area (Å²) in [6.45, 7) is 1.83. The molecule has 1 aromatic rings. The molecule has 102 valence electrons. The van der Waals surface area contributed by atoms with Crippen molar-refractivity contribution in [2.24, 2.45) is 5.92 Å². The Balaban J connectivity index is 1.81. The first-order valence-corrected chi connectivity index (χ1v) is 6.38. The van der Waals surface area contributed by atoms with Crippen molar-refractivity contribution in [1.29, 1.82) is 0 Å². The van der Waals surface area contributed by atoms with Crippen LogP contribution in [-0.2, 0) is 0 Å². The Morgan fingerprint density at radius 3 is 2.58 bits per heavy atom. The van der Waals surface area contributed by atoms with E-state index in [0.717, 1.165) is 18.9 Å². The summed E-state index contributed by atoms with van der Waals surface area (Å²) in [6.07, 6.45) is 1.93. The molecule has 0 aromatic heterocycles. The van der Waals surface area contributed by atoms with Crippen LogP contribution in [0.3, 0.4) is 0 Å². The summed E-state index contributed by atoms with van der Waals surface area (Å²) in [5, 5.41) is 10.1. The van der Waals surface area contributed by atoms with E-state index in [0.29, 0.717) is 0 Å². The lowest BCUT2D eigenvalue weighted by Gasteiger charge is -2.47. The van der Waals surface area contributed by atoms with Crippen LogP contribution in [0.25, 0.3) is 0 Å². The van der Waals surface area contributed by atoms with Gasteiger partial charge in [0.25, 0.3) is 5.91 Å². The van der Waals surface area contributed by atoms with E-state index in [1.54, 1.807) is 0 Å². The van der Waals surface area contributed by atoms with Gasteiger partial charge in [-0.1, -0.05) is 6.07 Å². The maximum absolute atomic E-state index is 13.8. The molecule has 1 saturated heterocycles. The van der Waals surface area contributed by atoms with Gasteiger partial charge < -0.3 is 10.0 Å². The van der Waals surface area contributed by atoms with E-state index in [2.05, 4.69) is 0 Å².